The third-order valence-corrected chi connectivity index (χ3v) is 2.34. The van der Waals surface area contributed by atoms with Gasteiger partial charge in [0.05, 0.1) is 6.61 Å². The molecule has 0 heterocycles. The molecule has 0 rings (SSSR count). The predicted molar refractivity (Wildman–Crippen MR) is 54.3 cm³/mol. The van der Waals surface area contributed by atoms with Gasteiger partial charge in [0, 0.05) is 5.54 Å². The van der Waals surface area contributed by atoms with E-state index in [0.717, 1.165) is 18.4 Å². The van der Waals surface area contributed by atoms with E-state index < -0.39 is 0 Å². The fraction of sp³-hybridized carbons (Fsp3) is 0.600. The Morgan fingerprint density at radius 2 is 1.83 bits per heavy atom. The minimum absolute atomic E-state index is 0.0690. The molecule has 0 aliphatic carbocycles. The van der Waals surface area contributed by atoms with E-state index in [0.29, 0.717) is 0 Å². The zero-order valence-electron chi connectivity index (χ0n) is 8.02. The van der Waals surface area contributed by atoms with Gasteiger partial charge in [0.1, 0.15) is 0 Å². The first-order valence-corrected chi connectivity index (χ1v) is 4.57. The summed E-state index contributed by atoms with van der Waals surface area (Å²) < 4.78 is 0. The Morgan fingerprint density at radius 3 is 2.17 bits per heavy atom. The molecule has 0 unspecified atom stereocenters. The van der Waals surface area contributed by atoms with Gasteiger partial charge in [-0.1, -0.05) is 22.7 Å². The van der Waals surface area contributed by atoms with Crippen molar-refractivity contribution in [2.45, 2.75) is 33.6 Å². The number of hydrogen-bond acceptors (Lipinski definition) is 1. The molecular weight excluding hydrogens is 172 g/mol. The van der Waals surface area contributed by atoms with E-state index in [1.807, 2.05) is 0 Å². The largest absolute Gasteiger partial charge is 0.392 e. The van der Waals surface area contributed by atoms with Gasteiger partial charge in [-0.15, -0.1) is 0 Å². The fourth-order valence-corrected chi connectivity index (χ4v) is 0.944. The first-order chi connectivity index (χ1) is 5.61. The van der Waals surface area contributed by atoms with Crippen LogP contribution in [0.25, 0.3) is 0 Å². The van der Waals surface area contributed by atoms with Gasteiger partial charge in [-0.05, 0) is 39.2 Å². The highest BCUT2D eigenvalue weighted by atomic mass is 35.5. The minimum atomic E-state index is 0.0690. The Balaban J connectivity index is 3.91. The minimum Gasteiger partial charge on any atom is -0.392 e. The van der Waals surface area contributed by atoms with Crippen LogP contribution in [0.15, 0.2) is 22.3 Å². The molecule has 0 amide bonds. The van der Waals surface area contributed by atoms with E-state index in [1.54, 1.807) is 0 Å². The number of aliphatic hydroxyl groups is 1. The summed E-state index contributed by atoms with van der Waals surface area (Å²) in [5, 5.41) is 8.81. The summed E-state index contributed by atoms with van der Waals surface area (Å²) >= 11 is 5.49. The molecular formula is C10H17ClO. The van der Waals surface area contributed by atoms with Gasteiger partial charge in [-0.25, -0.2) is 0 Å². The maximum Gasteiger partial charge on any atom is 0.0653 e. The first-order valence-electron chi connectivity index (χ1n) is 4.13. The molecule has 0 aliphatic rings. The second-order valence-corrected chi connectivity index (χ2v) is 3.42. The normalized spacial score (nSPS) is 11.6. The number of halogens is 1. The van der Waals surface area contributed by atoms with Crippen LogP contribution in [0.2, 0.25) is 0 Å². The second-order valence-electron chi connectivity index (χ2n) is 3.21. The summed E-state index contributed by atoms with van der Waals surface area (Å²) in [6, 6.07) is 0. The smallest absolute Gasteiger partial charge is 0.0653 e. The standard InChI is InChI=1S/C10H17ClO/c1-8(2)9(3)4-5-10(6-11)7-12/h6,12H,4-5,7H2,1-3H3/b10-6+. The monoisotopic (exact) mass is 188 g/mol. The highest BCUT2D eigenvalue weighted by Gasteiger charge is 1.97. The molecule has 2 heteroatoms. The van der Waals surface area contributed by atoms with E-state index in [1.165, 1.54) is 16.7 Å². The van der Waals surface area contributed by atoms with E-state index in [9.17, 15) is 0 Å². The van der Waals surface area contributed by atoms with Gasteiger partial charge in [0.2, 0.25) is 0 Å². The van der Waals surface area contributed by atoms with Gasteiger partial charge in [0.15, 0.2) is 0 Å². The molecule has 0 atom stereocenters. The SMILES string of the molecule is CC(C)=C(C)CC/C(=C\Cl)CO. The zero-order valence-corrected chi connectivity index (χ0v) is 8.78. The summed E-state index contributed by atoms with van der Waals surface area (Å²) in [5.74, 6) is 0. The fourth-order valence-electron chi connectivity index (χ4n) is 0.766. The Morgan fingerprint density at radius 1 is 1.25 bits per heavy atom. The average molecular weight is 189 g/mol. The van der Waals surface area contributed by atoms with E-state index >= 15 is 0 Å². The topological polar surface area (TPSA) is 20.2 Å². The number of hydrogen-bond donors (Lipinski definition) is 1. The van der Waals surface area contributed by atoms with E-state index in [2.05, 4.69) is 20.8 Å². The van der Waals surface area contributed by atoms with Crippen LogP contribution in [-0.4, -0.2) is 11.7 Å². The summed E-state index contributed by atoms with van der Waals surface area (Å²) in [6.45, 7) is 6.37. The van der Waals surface area contributed by atoms with Crippen molar-refractivity contribution in [2.24, 2.45) is 0 Å². The van der Waals surface area contributed by atoms with Crippen molar-refractivity contribution in [2.75, 3.05) is 6.61 Å². The van der Waals surface area contributed by atoms with Crippen LogP contribution >= 0.6 is 11.6 Å². The molecule has 12 heavy (non-hydrogen) atoms. The van der Waals surface area contributed by atoms with E-state index in [4.69, 9.17) is 16.7 Å². The molecule has 0 aromatic rings. The van der Waals surface area contributed by atoms with Crippen LogP contribution in [0.5, 0.6) is 0 Å². The van der Waals surface area contributed by atoms with E-state index in [-0.39, 0.29) is 6.61 Å². The molecule has 0 radical (unpaired) electrons. The van der Waals surface area contributed by atoms with Crippen molar-refractivity contribution in [1.82, 2.24) is 0 Å². The first kappa shape index (κ1) is 11.7. The highest BCUT2D eigenvalue weighted by molar-refractivity contribution is 6.25. The molecule has 1 nitrogen and oxygen atoms in total. The molecule has 70 valence electrons. The zero-order chi connectivity index (χ0) is 9.56. The molecule has 1 N–H and O–H groups in total. The lowest BCUT2D eigenvalue weighted by Gasteiger charge is -2.04. The van der Waals surface area contributed by atoms with Crippen molar-refractivity contribution in [3.05, 3.63) is 22.3 Å². The van der Waals surface area contributed by atoms with Crippen molar-refractivity contribution in [1.29, 1.82) is 0 Å². The van der Waals surface area contributed by atoms with Crippen LogP contribution in [-0.2, 0) is 0 Å². The van der Waals surface area contributed by atoms with Crippen LogP contribution < -0.4 is 0 Å². The molecule has 0 spiro atoms. The average Bonchev–Trinajstić information content (AvgIpc) is 2.05. The summed E-state index contributed by atoms with van der Waals surface area (Å²) in [5.41, 5.74) is 5.09. The Hall–Kier alpha value is -0.270. The van der Waals surface area contributed by atoms with Crippen molar-refractivity contribution >= 4 is 11.6 Å². The molecule has 0 saturated heterocycles. The maximum absolute atomic E-state index is 8.81. The Kier molecular flexibility index (Phi) is 6.13. The molecule has 0 aromatic carbocycles. The second kappa shape index (κ2) is 6.27. The van der Waals surface area contributed by atoms with Gasteiger partial charge in [-0.2, -0.15) is 0 Å². The van der Waals surface area contributed by atoms with Crippen LogP contribution in [0, 0.1) is 0 Å². The third kappa shape index (κ3) is 4.58. The lowest BCUT2D eigenvalue weighted by Crippen LogP contribution is -1.91. The lowest BCUT2D eigenvalue weighted by molar-refractivity contribution is 0.327. The molecule has 0 aromatic heterocycles. The van der Waals surface area contributed by atoms with Gasteiger partial charge in [-0.3, -0.25) is 0 Å². The Labute approximate surface area is 79.7 Å². The summed E-state index contributed by atoms with van der Waals surface area (Å²) in [6.07, 6.45) is 1.85. The van der Waals surface area contributed by atoms with Gasteiger partial charge >= 0.3 is 0 Å². The molecule has 0 saturated carbocycles. The summed E-state index contributed by atoms with van der Waals surface area (Å²) in [4.78, 5) is 0. The molecule has 0 aliphatic heterocycles. The van der Waals surface area contributed by atoms with Crippen molar-refractivity contribution in [3.63, 3.8) is 0 Å². The third-order valence-electron chi connectivity index (χ3n) is 2.03. The number of rotatable bonds is 4. The van der Waals surface area contributed by atoms with Crippen molar-refractivity contribution < 1.29 is 5.11 Å². The van der Waals surface area contributed by atoms with Crippen LogP contribution in [0.1, 0.15) is 33.6 Å². The van der Waals surface area contributed by atoms with Crippen LogP contribution in [0.4, 0.5) is 0 Å². The highest BCUT2D eigenvalue weighted by Crippen LogP contribution is 2.14. The predicted octanol–water partition coefficient (Wildman–Crippen LogP) is 3.24. The number of allylic oxidation sites excluding steroid dienone is 2. The lowest BCUT2D eigenvalue weighted by atomic mass is 10.0. The summed E-state index contributed by atoms with van der Waals surface area (Å²) in [7, 11) is 0. The maximum atomic E-state index is 8.81. The van der Waals surface area contributed by atoms with Gasteiger partial charge < -0.3 is 5.11 Å². The quantitative estimate of drug-likeness (QED) is 0.672. The molecule has 0 bridgehead atoms. The van der Waals surface area contributed by atoms with Crippen LogP contribution in [0.3, 0.4) is 0 Å². The molecule has 0 fully saturated rings. The van der Waals surface area contributed by atoms with Crippen molar-refractivity contribution in [3.8, 4) is 0 Å². The van der Waals surface area contributed by atoms with Gasteiger partial charge in [0.25, 0.3) is 0 Å². The Bertz CT molecular complexity index is 188. The number of aliphatic hydroxyl groups excluding tert-OH is 1.